The Morgan fingerprint density at radius 2 is 0.703 bits per heavy atom. The van der Waals surface area contributed by atoms with Crippen LogP contribution in [0.1, 0.15) is 55.6 Å². The van der Waals surface area contributed by atoms with Crippen LogP contribution in [0.2, 0.25) is 0 Å². The second kappa shape index (κ2) is 15.7. The lowest BCUT2D eigenvalue weighted by Crippen LogP contribution is -2.28. The Hall–Kier alpha value is -10.0. The minimum absolute atomic E-state index is 0.414. The Morgan fingerprint density at radius 3 is 1.15 bits per heavy atom. The van der Waals surface area contributed by atoms with Crippen LogP contribution in [-0.2, 0) is 10.8 Å². The molecule has 0 saturated heterocycles. The van der Waals surface area contributed by atoms with Crippen molar-refractivity contribution in [3.8, 4) is 45.8 Å². The molecule has 342 valence electrons. The van der Waals surface area contributed by atoms with Gasteiger partial charge >= 0.3 is 0 Å². The van der Waals surface area contributed by atoms with Crippen molar-refractivity contribution in [3.63, 3.8) is 0 Å². The normalized spacial score (nSPS) is 13.6. The van der Waals surface area contributed by atoms with Gasteiger partial charge < -0.3 is 9.13 Å². The highest BCUT2D eigenvalue weighted by Gasteiger charge is 2.49. The van der Waals surface area contributed by atoms with E-state index in [1.165, 1.54) is 38.9 Å². The summed E-state index contributed by atoms with van der Waals surface area (Å²) in [5.41, 5.74) is 18.6. The average molecular weight is 939 g/mol. The molecule has 0 saturated carbocycles. The summed E-state index contributed by atoms with van der Waals surface area (Å²) in [6.07, 6.45) is 0. The second-order valence-electron chi connectivity index (χ2n) is 19.6. The number of fused-ring (bicyclic) bond motifs is 14. The summed E-state index contributed by atoms with van der Waals surface area (Å²) in [6, 6.07) is 96.6. The molecule has 0 aliphatic heterocycles. The summed E-state index contributed by atoms with van der Waals surface area (Å²) < 4.78 is 4.56. The van der Waals surface area contributed by atoms with Crippen molar-refractivity contribution in [2.24, 2.45) is 0 Å². The molecule has 13 aromatic rings. The largest absolute Gasteiger partial charge is 0.307 e. The molecular formula is C70H42N4. The van der Waals surface area contributed by atoms with E-state index < -0.39 is 10.8 Å². The van der Waals surface area contributed by atoms with Gasteiger partial charge in [0, 0.05) is 32.7 Å². The monoisotopic (exact) mass is 938 g/mol. The summed E-state index contributed by atoms with van der Waals surface area (Å²) >= 11 is 0. The van der Waals surface area contributed by atoms with Crippen molar-refractivity contribution in [2.45, 2.75) is 10.8 Å². The molecule has 0 amide bonds. The van der Waals surface area contributed by atoms with E-state index in [0.717, 1.165) is 71.4 Å². The third kappa shape index (κ3) is 5.28. The zero-order valence-electron chi connectivity index (χ0n) is 40.0. The molecule has 0 spiro atoms. The number of para-hydroxylation sites is 2. The molecule has 4 heteroatoms. The maximum atomic E-state index is 12.1. The molecule has 0 atom stereocenters. The lowest BCUT2D eigenvalue weighted by molar-refractivity contribution is 0.769. The minimum Gasteiger partial charge on any atom is -0.307 e. The summed E-state index contributed by atoms with van der Waals surface area (Å²) in [6.45, 7) is 0. The Bertz CT molecular complexity index is 4470. The van der Waals surface area contributed by atoms with E-state index in [-0.39, 0.29) is 0 Å². The van der Waals surface area contributed by atoms with Crippen LogP contribution in [0.5, 0.6) is 0 Å². The fourth-order valence-electron chi connectivity index (χ4n) is 13.6. The highest BCUT2D eigenvalue weighted by atomic mass is 15.0. The van der Waals surface area contributed by atoms with Gasteiger partial charge in [-0.3, -0.25) is 0 Å². The first-order chi connectivity index (χ1) is 36.7. The van der Waals surface area contributed by atoms with Crippen molar-refractivity contribution in [3.05, 3.63) is 310 Å². The fourth-order valence-corrected chi connectivity index (χ4v) is 13.6. The van der Waals surface area contributed by atoms with Crippen molar-refractivity contribution >= 4 is 43.6 Å². The summed E-state index contributed by atoms with van der Waals surface area (Å²) in [4.78, 5) is 0. The molecule has 4 nitrogen and oxygen atoms in total. The average Bonchev–Trinajstić information content (AvgIpc) is 4.19. The molecular weight excluding hydrogens is 897 g/mol. The van der Waals surface area contributed by atoms with Gasteiger partial charge in [0.25, 0.3) is 0 Å². The molecule has 15 rings (SSSR count). The maximum Gasteiger partial charge on any atom is 0.104 e. The van der Waals surface area contributed by atoms with Crippen LogP contribution >= 0.6 is 0 Å². The molecule has 11 aromatic carbocycles. The molecule has 2 heterocycles. The minimum atomic E-state index is -0.656. The molecule has 0 bridgehead atoms. The van der Waals surface area contributed by atoms with Crippen LogP contribution in [0.25, 0.3) is 77.2 Å². The lowest BCUT2D eigenvalue weighted by atomic mass is 9.67. The van der Waals surface area contributed by atoms with E-state index in [9.17, 15) is 10.5 Å². The molecule has 2 aromatic heterocycles. The van der Waals surface area contributed by atoms with Gasteiger partial charge in [-0.1, -0.05) is 231 Å². The highest BCUT2D eigenvalue weighted by molar-refractivity contribution is 6.18. The molecule has 0 radical (unpaired) electrons. The zero-order chi connectivity index (χ0) is 49.1. The van der Waals surface area contributed by atoms with Gasteiger partial charge in [0.2, 0.25) is 0 Å². The summed E-state index contributed by atoms with van der Waals surface area (Å²) in [7, 11) is 0. The third-order valence-corrected chi connectivity index (χ3v) is 16.4. The topological polar surface area (TPSA) is 57.4 Å². The molecule has 2 aliphatic carbocycles. The fraction of sp³-hybridized carbons (Fsp3) is 0.0286. The van der Waals surface area contributed by atoms with Gasteiger partial charge in [-0.15, -0.1) is 0 Å². The second-order valence-corrected chi connectivity index (χ2v) is 19.6. The Morgan fingerprint density at radius 1 is 0.311 bits per heavy atom. The molecule has 0 fully saturated rings. The number of hydrogen-bond donors (Lipinski definition) is 0. The quantitative estimate of drug-likeness (QED) is 0.167. The van der Waals surface area contributed by atoms with E-state index >= 15 is 0 Å². The molecule has 0 N–H and O–H groups in total. The SMILES string of the molecule is N#Cc1ccc(-n2c3ccccc3c3ccc4c(c32)-c2ccccc2C4(c2ccccc2)c2ccccc2)c(C#N)c1-n1c2ccccc2c2ccc3c(c21)-c1ccccc1C3(c1ccccc1)c1ccccc1. The number of benzene rings is 11. The van der Waals surface area contributed by atoms with E-state index in [1.807, 2.05) is 12.1 Å². The number of nitrogens with zero attached hydrogens (tertiary/aromatic N) is 4. The number of hydrogen-bond acceptors (Lipinski definition) is 2. The van der Waals surface area contributed by atoms with Crippen LogP contribution in [0, 0.1) is 22.7 Å². The van der Waals surface area contributed by atoms with Crippen LogP contribution in [0.3, 0.4) is 0 Å². The van der Waals surface area contributed by atoms with Crippen LogP contribution in [0.15, 0.2) is 255 Å². The van der Waals surface area contributed by atoms with Crippen LogP contribution < -0.4 is 0 Å². The van der Waals surface area contributed by atoms with Gasteiger partial charge in [0.1, 0.15) is 17.7 Å². The first-order valence-electron chi connectivity index (χ1n) is 25.2. The van der Waals surface area contributed by atoms with Gasteiger partial charge in [-0.2, -0.15) is 10.5 Å². The lowest BCUT2D eigenvalue weighted by Gasteiger charge is -2.33. The predicted molar refractivity (Wildman–Crippen MR) is 299 cm³/mol. The third-order valence-electron chi connectivity index (χ3n) is 16.4. The van der Waals surface area contributed by atoms with Gasteiger partial charge in [0.15, 0.2) is 0 Å². The van der Waals surface area contributed by atoms with Crippen molar-refractivity contribution in [1.29, 1.82) is 10.5 Å². The Balaban J connectivity index is 1.09. The maximum absolute atomic E-state index is 12.1. The van der Waals surface area contributed by atoms with Crippen molar-refractivity contribution in [1.82, 2.24) is 9.13 Å². The Labute approximate surface area is 428 Å². The van der Waals surface area contributed by atoms with Gasteiger partial charge in [-0.05, 0) is 79.9 Å². The Kier molecular flexibility index (Phi) is 8.89. The number of nitriles is 2. The van der Waals surface area contributed by atoms with E-state index in [0.29, 0.717) is 22.5 Å². The highest BCUT2D eigenvalue weighted by Crippen LogP contribution is 2.61. The first-order valence-corrected chi connectivity index (χ1v) is 25.2. The number of aromatic nitrogens is 2. The molecule has 2 aliphatic rings. The van der Waals surface area contributed by atoms with E-state index in [1.54, 1.807) is 0 Å². The smallest absolute Gasteiger partial charge is 0.104 e. The van der Waals surface area contributed by atoms with Crippen LogP contribution in [0.4, 0.5) is 0 Å². The van der Waals surface area contributed by atoms with Crippen molar-refractivity contribution < 1.29 is 0 Å². The van der Waals surface area contributed by atoms with E-state index in [2.05, 4.69) is 264 Å². The summed E-state index contributed by atoms with van der Waals surface area (Å²) in [5, 5.41) is 27.8. The van der Waals surface area contributed by atoms with Crippen molar-refractivity contribution in [2.75, 3.05) is 0 Å². The van der Waals surface area contributed by atoms with E-state index in [4.69, 9.17) is 0 Å². The molecule has 0 unspecified atom stereocenters. The zero-order valence-corrected chi connectivity index (χ0v) is 40.0. The first kappa shape index (κ1) is 41.8. The molecule has 74 heavy (non-hydrogen) atoms. The predicted octanol–water partition coefficient (Wildman–Crippen LogP) is 16.4. The number of rotatable bonds is 6. The summed E-state index contributed by atoms with van der Waals surface area (Å²) in [5.74, 6) is 0. The van der Waals surface area contributed by atoms with Gasteiger partial charge in [-0.25, -0.2) is 0 Å². The van der Waals surface area contributed by atoms with Gasteiger partial charge in [0.05, 0.1) is 49.8 Å². The van der Waals surface area contributed by atoms with Crippen LogP contribution in [-0.4, -0.2) is 9.13 Å². The standard InChI is InChI=1S/C70H42N4/c71-43-45-37-42-63(73-61-35-19-15-29-50(61)52-38-40-59-64(67(52)73)54-31-13-17-33-57(54)69(59,46-21-5-1-6-22-46)47-23-7-2-8-24-47)56(44-72)66(45)74-62-36-20-16-30-51(62)53-39-41-60-65(68(53)74)55-32-14-18-34-58(55)70(60,48-25-9-3-10-26-48)49-27-11-4-12-28-49/h1-42H.